The molecule has 18 heavy (non-hydrogen) atoms. The predicted octanol–water partition coefficient (Wildman–Crippen LogP) is 0.256. The van der Waals surface area contributed by atoms with Crippen LogP contribution in [0.3, 0.4) is 0 Å². The summed E-state index contributed by atoms with van der Waals surface area (Å²) >= 11 is 0. The summed E-state index contributed by atoms with van der Waals surface area (Å²) in [5.74, 6) is 0.0481. The minimum Gasteiger partial charge on any atom is -0.395 e. The van der Waals surface area contributed by atoms with Gasteiger partial charge in [-0.25, -0.2) is 0 Å². The van der Waals surface area contributed by atoms with Crippen molar-refractivity contribution in [2.75, 3.05) is 19.7 Å². The van der Waals surface area contributed by atoms with E-state index in [1.165, 1.54) is 12.8 Å². The van der Waals surface area contributed by atoms with Crippen molar-refractivity contribution < 1.29 is 14.6 Å². The van der Waals surface area contributed by atoms with Crippen molar-refractivity contribution in [3.05, 3.63) is 0 Å². The third-order valence-corrected chi connectivity index (χ3v) is 4.04. The summed E-state index contributed by atoms with van der Waals surface area (Å²) < 4.78 is 5.66. The van der Waals surface area contributed by atoms with E-state index >= 15 is 0 Å². The van der Waals surface area contributed by atoms with Crippen LogP contribution in [0.25, 0.3) is 0 Å². The van der Waals surface area contributed by atoms with Crippen LogP contribution in [0.5, 0.6) is 0 Å². The number of aliphatic hydroxyl groups is 1. The molecule has 1 aliphatic carbocycles. The molecule has 1 saturated carbocycles. The fourth-order valence-corrected chi connectivity index (χ4v) is 3.04. The molecular formula is C13H24N2O3. The Bertz CT molecular complexity index is 279. The number of amides is 1. The molecule has 0 aromatic heterocycles. The minimum atomic E-state index is -0.342. The van der Waals surface area contributed by atoms with Crippen LogP contribution in [-0.2, 0) is 9.53 Å². The molecule has 5 nitrogen and oxygen atoms in total. The summed E-state index contributed by atoms with van der Waals surface area (Å²) in [5.41, 5.74) is 5.56. The van der Waals surface area contributed by atoms with Crippen LogP contribution in [0.2, 0.25) is 0 Å². The fourth-order valence-electron chi connectivity index (χ4n) is 3.04. The second-order valence-corrected chi connectivity index (χ2v) is 5.25. The van der Waals surface area contributed by atoms with Crippen LogP contribution in [0.1, 0.15) is 38.5 Å². The molecule has 5 heteroatoms. The lowest BCUT2D eigenvalue weighted by Gasteiger charge is -2.30. The van der Waals surface area contributed by atoms with Gasteiger partial charge in [0.2, 0.25) is 0 Å². The molecule has 0 aromatic carbocycles. The maximum atomic E-state index is 12.4. The lowest BCUT2D eigenvalue weighted by atomic mass is 10.1. The van der Waals surface area contributed by atoms with Crippen molar-refractivity contribution in [2.24, 2.45) is 5.73 Å². The molecule has 2 fully saturated rings. The average molecular weight is 256 g/mol. The molecule has 104 valence electrons. The van der Waals surface area contributed by atoms with E-state index in [4.69, 9.17) is 15.6 Å². The highest BCUT2D eigenvalue weighted by Gasteiger charge is 2.35. The zero-order chi connectivity index (χ0) is 13.0. The molecule has 1 saturated heterocycles. The molecule has 2 unspecified atom stereocenters. The molecule has 1 heterocycles. The Kier molecular flexibility index (Phi) is 4.97. The molecule has 0 radical (unpaired) electrons. The maximum Gasteiger partial charge on any atom is 0.252 e. The number of nitrogens with two attached hydrogens (primary N) is 1. The number of nitrogens with zero attached hydrogens (tertiary/aromatic N) is 1. The Morgan fingerprint density at radius 1 is 1.28 bits per heavy atom. The summed E-state index contributed by atoms with van der Waals surface area (Å²) in [6.07, 6.45) is 5.77. The summed E-state index contributed by atoms with van der Waals surface area (Å²) in [4.78, 5) is 14.3. The van der Waals surface area contributed by atoms with Crippen molar-refractivity contribution >= 4 is 5.91 Å². The Hall–Kier alpha value is -0.650. The van der Waals surface area contributed by atoms with Gasteiger partial charge in [-0.05, 0) is 25.7 Å². The van der Waals surface area contributed by atoms with E-state index in [-0.39, 0.29) is 24.7 Å². The number of ether oxygens (including phenoxy) is 1. The highest BCUT2D eigenvalue weighted by molar-refractivity contribution is 5.81. The quantitative estimate of drug-likeness (QED) is 0.739. The van der Waals surface area contributed by atoms with Crippen molar-refractivity contribution in [3.63, 3.8) is 0 Å². The SMILES string of the molecule is NCC1CCC(C(=O)N(CCO)C2CCCC2)O1. The number of aliphatic hydroxyl groups excluding tert-OH is 1. The standard InChI is InChI=1S/C13H24N2O3/c14-9-11-5-6-12(18-11)13(17)15(7-8-16)10-3-1-2-4-10/h10-12,16H,1-9,14H2. The Labute approximate surface area is 108 Å². The number of hydrogen-bond acceptors (Lipinski definition) is 4. The second-order valence-electron chi connectivity index (χ2n) is 5.25. The van der Waals surface area contributed by atoms with Crippen molar-refractivity contribution in [1.82, 2.24) is 4.90 Å². The van der Waals surface area contributed by atoms with Crippen molar-refractivity contribution in [2.45, 2.75) is 56.8 Å². The van der Waals surface area contributed by atoms with Gasteiger partial charge in [0.25, 0.3) is 5.91 Å². The van der Waals surface area contributed by atoms with Crippen LogP contribution in [0.15, 0.2) is 0 Å². The largest absolute Gasteiger partial charge is 0.395 e. The lowest BCUT2D eigenvalue weighted by Crippen LogP contribution is -2.46. The molecule has 1 aliphatic heterocycles. The van der Waals surface area contributed by atoms with Crippen LogP contribution in [-0.4, -0.2) is 53.9 Å². The van der Waals surface area contributed by atoms with Gasteiger partial charge < -0.3 is 20.5 Å². The monoisotopic (exact) mass is 256 g/mol. The zero-order valence-electron chi connectivity index (χ0n) is 10.9. The highest BCUT2D eigenvalue weighted by atomic mass is 16.5. The zero-order valence-corrected chi connectivity index (χ0v) is 10.9. The maximum absolute atomic E-state index is 12.4. The summed E-state index contributed by atoms with van der Waals surface area (Å²) in [6, 6.07) is 0.296. The van der Waals surface area contributed by atoms with E-state index in [9.17, 15) is 4.79 Å². The smallest absolute Gasteiger partial charge is 0.252 e. The first-order chi connectivity index (χ1) is 8.76. The van der Waals surface area contributed by atoms with Gasteiger partial charge in [-0.1, -0.05) is 12.8 Å². The van der Waals surface area contributed by atoms with E-state index in [1.54, 1.807) is 0 Å². The third-order valence-electron chi connectivity index (χ3n) is 4.04. The Morgan fingerprint density at radius 3 is 2.56 bits per heavy atom. The molecule has 0 spiro atoms. The summed E-state index contributed by atoms with van der Waals surface area (Å²) in [6.45, 7) is 0.930. The third kappa shape index (κ3) is 3.02. The van der Waals surface area contributed by atoms with E-state index < -0.39 is 0 Å². The van der Waals surface area contributed by atoms with Crippen LogP contribution >= 0.6 is 0 Å². The van der Waals surface area contributed by atoms with Gasteiger partial charge in [-0.2, -0.15) is 0 Å². The van der Waals surface area contributed by atoms with Crippen LogP contribution < -0.4 is 5.73 Å². The van der Waals surface area contributed by atoms with Crippen molar-refractivity contribution in [1.29, 1.82) is 0 Å². The van der Waals surface area contributed by atoms with Gasteiger partial charge in [0.1, 0.15) is 6.10 Å². The first-order valence-electron chi connectivity index (χ1n) is 7.03. The first kappa shape index (κ1) is 13.8. The molecule has 0 bridgehead atoms. The van der Waals surface area contributed by atoms with Gasteiger partial charge in [-0.15, -0.1) is 0 Å². The number of hydrogen-bond donors (Lipinski definition) is 2. The van der Waals surface area contributed by atoms with E-state index in [0.717, 1.165) is 25.7 Å². The van der Waals surface area contributed by atoms with Crippen LogP contribution in [0, 0.1) is 0 Å². The highest BCUT2D eigenvalue weighted by Crippen LogP contribution is 2.27. The fraction of sp³-hybridized carbons (Fsp3) is 0.923. The van der Waals surface area contributed by atoms with Gasteiger partial charge >= 0.3 is 0 Å². The number of rotatable bonds is 5. The topological polar surface area (TPSA) is 75.8 Å². The lowest BCUT2D eigenvalue weighted by molar-refractivity contribution is -0.145. The minimum absolute atomic E-state index is 0.0231. The summed E-state index contributed by atoms with van der Waals surface area (Å²) in [7, 11) is 0. The molecule has 2 atom stereocenters. The Balaban J connectivity index is 1.95. The number of carbonyl (C=O) groups excluding carboxylic acids is 1. The predicted molar refractivity (Wildman–Crippen MR) is 68.0 cm³/mol. The molecule has 0 aromatic rings. The molecule has 2 rings (SSSR count). The summed E-state index contributed by atoms with van der Waals surface area (Å²) in [5, 5.41) is 9.13. The van der Waals surface area contributed by atoms with Gasteiger partial charge in [0.05, 0.1) is 12.7 Å². The van der Waals surface area contributed by atoms with Gasteiger partial charge in [0.15, 0.2) is 0 Å². The van der Waals surface area contributed by atoms with Crippen molar-refractivity contribution in [3.8, 4) is 0 Å². The Morgan fingerprint density at radius 2 is 2.00 bits per heavy atom. The van der Waals surface area contributed by atoms with Gasteiger partial charge in [0, 0.05) is 19.1 Å². The first-order valence-corrected chi connectivity index (χ1v) is 7.03. The van der Waals surface area contributed by atoms with E-state index in [0.29, 0.717) is 19.1 Å². The normalized spacial score (nSPS) is 28.8. The van der Waals surface area contributed by atoms with E-state index in [1.807, 2.05) is 4.90 Å². The molecule has 2 aliphatic rings. The molecular weight excluding hydrogens is 232 g/mol. The van der Waals surface area contributed by atoms with E-state index in [2.05, 4.69) is 0 Å². The number of carbonyl (C=O) groups is 1. The molecule has 1 amide bonds. The molecule has 3 N–H and O–H groups in total. The second kappa shape index (κ2) is 6.50. The van der Waals surface area contributed by atoms with Gasteiger partial charge in [-0.3, -0.25) is 4.79 Å². The average Bonchev–Trinajstić information content (AvgIpc) is 3.05. The van der Waals surface area contributed by atoms with Crippen LogP contribution in [0.4, 0.5) is 0 Å².